The fourth-order valence-corrected chi connectivity index (χ4v) is 16.0. The summed E-state index contributed by atoms with van der Waals surface area (Å²) in [7, 11) is 0. The first-order valence-electron chi connectivity index (χ1n) is 41.2. The maximum absolute atomic E-state index is 9.33. The molecule has 0 fully saturated rings. The summed E-state index contributed by atoms with van der Waals surface area (Å²) < 4.78 is 110. The van der Waals surface area contributed by atoms with Gasteiger partial charge in [0.1, 0.15) is 5.82 Å². The Morgan fingerprint density at radius 1 is 0.243 bits per heavy atom. The molecule has 0 saturated heterocycles. The van der Waals surface area contributed by atoms with Crippen LogP contribution >= 0.6 is 0 Å². The molecule has 0 spiro atoms. The van der Waals surface area contributed by atoms with E-state index < -0.39 is 48.3 Å². The maximum Gasteiger partial charge on any atom is 0.184 e. The number of fused-ring (bicyclic) bond motifs is 20. The lowest BCUT2D eigenvalue weighted by molar-refractivity contribution is 1.05. The Morgan fingerprint density at radius 3 is 1.40 bits per heavy atom. The number of hydrogen-bond acceptors (Lipinski definition) is 6. The minimum Gasteiger partial charge on any atom is -0.309 e. The molecular weight excluding hydrogens is 1300 g/mol. The Morgan fingerprint density at radius 2 is 0.710 bits per heavy atom. The predicted octanol–water partition coefficient (Wildman–Crippen LogP) is 24.9. The zero-order valence-corrected chi connectivity index (χ0v) is 56.7. The molecule has 23 aromatic rings. The summed E-state index contributed by atoms with van der Waals surface area (Å²) in [5.74, 6) is 1.49. The molecule has 17 aromatic carbocycles. The Bertz CT molecular complexity index is 8370. The van der Waals surface area contributed by atoms with E-state index in [1.165, 1.54) is 32.3 Å². The lowest BCUT2D eigenvalue weighted by Crippen LogP contribution is -2.05. The van der Waals surface area contributed by atoms with E-state index in [0.717, 1.165) is 104 Å². The summed E-state index contributed by atoms with van der Waals surface area (Å²) in [6, 6.07) is 88.8. The molecule has 0 amide bonds. The molecule has 9 nitrogen and oxygen atoms in total. The molecule has 0 bridgehead atoms. The third-order valence-corrected chi connectivity index (χ3v) is 20.9. The van der Waals surface area contributed by atoms with E-state index >= 15 is 0 Å². The second-order valence-corrected chi connectivity index (χ2v) is 26.8. The highest BCUT2D eigenvalue weighted by Crippen LogP contribution is 2.44. The number of hydrogen-bond donors (Lipinski definition) is 0. The predicted molar refractivity (Wildman–Crippen MR) is 444 cm³/mol. The average molecular weight is 1370 g/mol. The van der Waals surface area contributed by atoms with E-state index in [1.54, 1.807) is 17.0 Å². The summed E-state index contributed by atoms with van der Waals surface area (Å²) >= 11 is 0. The molecule has 0 aliphatic heterocycles. The van der Waals surface area contributed by atoms with Crippen LogP contribution in [0.3, 0.4) is 0 Å². The molecular formula is C98H59N9. The van der Waals surface area contributed by atoms with Crippen molar-refractivity contribution in [3.63, 3.8) is 0 Å². The van der Waals surface area contributed by atoms with Crippen LogP contribution in [-0.2, 0) is 0 Å². The van der Waals surface area contributed by atoms with E-state index in [4.69, 9.17) is 40.0 Å². The van der Waals surface area contributed by atoms with Crippen LogP contribution in [0, 0.1) is 0 Å². The van der Waals surface area contributed by atoms with Gasteiger partial charge in [-0.3, -0.25) is 9.13 Å². The molecule has 0 aliphatic carbocycles. The first-order valence-corrected chi connectivity index (χ1v) is 35.2. The minimum absolute atomic E-state index is 0.0137. The molecule has 6 aromatic heterocycles. The summed E-state index contributed by atoms with van der Waals surface area (Å²) in [5, 5.41) is 17.9. The number of rotatable bonds is 7. The van der Waals surface area contributed by atoms with Crippen LogP contribution in [0.25, 0.3) is 214 Å². The number of para-hydroxylation sites is 3. The lowest BCUT2D eigenvalue weighted by Gasteiger charge is -2.14. The van der Waals surface area contributed by atoms with Crippen molar-refractivity contribution >= 4 is 152 Å². The van der Waals surface area contributed by atoms with Gasteiger partial charge >= 0.3 is 0 Å². The molecule has 496 valence electrons. The van der Waals surface area contributed by atoms with E-state index in [-0.39, 0.29) is 52.0 Å². The highest BCUT2D eigenvalue weighted by Gasteiger charge is 2.24. The van der Waals surface area contributed by atoms with Gasteiger partial charge in [-0.05, 0) is 184 Å². The fourth-order valence-electron chi connectivity index (χ4n) is 16.0. The standard InChI is InChI=1S/C52H31N3.C46H28N6/c1-2-12-33-27-38(22-21-32(33)11-1)51-53-48-20-10-9-19-44(48)52(54-51)55-49-26-24-37(30-46(49)47-29-34-13-3-4-14-35(34)31-50(47)55)36-23-25-43-41-17-6-5-15-39(41)40-16-7-8-18-42(40)45(43)28-36;1-3-11-29(12-4-1)32-20-22-40-37(26-32)38-25-30-13-7-8-14-31(30)27-42(38)52(40)46-43-45(48-24-23-47-43)49-44(50-46)33-19-21-36-35-17-9-10-18-39(35)51(41(36)28-33)34-15-5-2-6-16-34/h1-31H;1-28H/i1D,2D,11D,12D,21D,22D,27D;2D,5D,6D,15D,16D. The van der Waals surface area contributed by atoms with Gasteiger partial charge in [0, 0.05) is 66.9 Å². The zero-order valence-electron chi connectivity index (χ0n) is 68.7. The second kappa shape index (κ2) is 24.0. The van der Waals surface area contributed by atoms with E-state index in [9.17, 15) is 1.37 Å². The number of aromatic nitrogens is 9. The van der Waals surface area contributed by atoms with Crippen LogP contribution in [0.1, 0.15) is 16.4 Å². The van der Waals surface area contributed by atoms with Crippen LogP contribution in [0.2, 0.25) is 0 Å². The van der Waals surface area contributed by atoms with Gasteiger partial charge in [0.2, 0.25) is 0 Å². The van der Waals surface area contributed by atoms with Gasteiger partial charge < -0.3 is 4.57 Å². The Labute approximate surface area is 629 Å². The van der Waals surface area contributed by atoms with Gasteiger partial charge in [-0.15, -0.1) is 0 Å². The zero-order chi connectivity index (χ0) is 80.7. The van der Waals surface area contributed by atoms with Gasteiger partial charge in [0.25, 0.3) is 0 Å². The van der Waals surface area contributed by atoms with Crippen molar-refractivity contribution in [3.05, 3.63) is 358 Å². The molecule has 9 heteroatoms. The van der Waals surface area contributed by atoms with Gasteiger partial charge in [0.15, 0.2) is 28.6 Å². The normalized spacial score (nSPS) is 13.5. The highest BCUT2D eigenvalue weighted by atomic mass is 15.1. The summed E-state index contributed by atoms with van der Waals surface area (Å²) in [6.45, 7) is 0. The van der Waals surface area contributed by atoms with Crippen LogP contribution in [0.4, 0.5) is 0 Å². The molecule has 0 radical (unpaired) electrons. The van der Waals surface area contributed by atoms with Gasteiger partial charge in [-0.1, -0.05) is 249 Å². The lowest BCUT2D eigenvalue weighted by atomic mass is 9.92. The van der Waals surface area contributed by atoms with Gasteiger partial charge in [-0.25, -0.2) is 29.9 Å². The fraction of sp³-hybridized carbons (Fsp3) is 0. The molecule has 0 aliphatic rings. The Hall–Kier alpha value is -14.5. The quantitative estimate of drug-likeness (QED) is 0.148. The van der Waals surface area contributed by atoms with Crippen molar-refractivity contribution in [1.82, 2.24) is 43.6 Å². The van der Waals surface area contributed by atoms with Crippen LogP contribution in [0.5, 0.6) is 0 Å². The third-order valence-electron chi connectivity index (χ3n) is 20.9. The smallest absolute Gasteiger partial charge is 0.184 e. The van der Waals surface area contributed by atoms with Crippen molar-refractivity contribution in [1.29, 1.82) is 0 Å². The minimum atomic E-state index is -0.517. The number of nitrogens with zero attached hydrogens (tertiary/aromatic N) is 9. The average Bonchev–Trinajstić information content (AvgIpc) is 1.70. The summed E-state index contributed by atoms with van der Waals surface area (Å²) in [6.07, 6.45) is 3.27. The first-order chi connectivity index (χ1) is 58.0. The molecule has 0 unspecified atom stereocenters. The maximum atomic E-state index is 9.33. The van der Waals surface area contributed by atoms with Crippen LogP contribution in [-0.4, -0.2) is 43.6 Å². The largest absolute Gasteiger partial charge is 0.309 e. The molecule has 6 heterocycles. The van der Waals surface area contributed by atoms with Crippen LogP contribution < -0.4 is 0 Å². The Balaban J connectivity index is 0.000000144. The first kappa shape index (κ1) is 49.1. The van der Waals surface area contributed by atoms with Gasteiger partial charge in [0.05, 0.1) is 55.1 Å². The van der Waals surface area contributed by atoms with Crippen molar-refractivity contribution < 1.29 is 16.4 Å². The van der Waals surface area contributed by atoms with E-state index in [2.05, 4.69) is 184 Å². The second-order valence-electron chi connectivity index (χ2n) is 26.8. The molecule has 0 atom stereocenters. The van der Waals surface area contributed by atoms with Crippen molar-refractivity contribution in [2.45, 2.75) is 0 Å². The van der Waals surface area contributed by atoms with E-state index in [1.807, 2.05) is 103 Å². The van der Waals surface area contributed by atoms with Crippen molar-refractivity contribution in [2.75, 3.05) is 0 Å². The van der Waals surface area contributed by atoms with Crippen molar-refractivity contribution in [3.8, 4) is 62.4 Å². The molecule has 0 saturated carbocycles. The third kappa shape index (κ3) is 9.72. The SMILES string of the molecule is [2H]c1c([2H])c([2H])c(-n2c3ccccc3c3ccc(-c4nc(-n5c6ccc(-c7ccccc7)cc6c6cc7ccccc7cc65)c5nccnc5n4)cc32)c([2H])c1[2H].[2H]c1c([2H])c([2H])c2c([2H])c(-c3nc(-n4c5ccc(-c6ccc7c8ccccc8c8ccccc8c7c6)cc5c5cc6ccccc6cc54)c4ccccc4n3)c([2H])c([2H])c2c1[2H]. The number of benzene rings is 17. The summed E-state index contributed by atoms with van der Waals surface area (Å²) in [5.41, 5.74) is 11.6. The Kier molecular flexibility index (Phi) is 11.0. The monoisotopic (exact) mass is 1370 g/mol. The van der Waals surface area contributed by atoms with Crippen molar-refractivity contribution in [2.24, 2.45) is 0 Å². The van der Waals surface area contributed by atoms with E-state index in [0.29, 0.717) is 50.7 Å². The molecule has 107 heavy (non-hydrogen) atoms. The molecule has 0 N–H and O–H groups in total. The topological polar surface area (TPSA) is 92.1 Å². The van der Waals surface area contributed by atoms with Gasteiger partial charge in [-0.2, -0.15) is 0 Å². The summed E-state index contributed by atoms with van der Waals surface area (Å²) in [4.78, 5) is 29.7. The van der Waals surface area contributed by atoms with Crippen LogP contribution in [0.15, 0.2) is 358 Å². The molecule has 23 rings (SSSR count). The highest BCUT2D eigenvalue weighted by molar-refractivity contribution is 6.26.